The summed E-state index contributed by atoms with van der Waals surface area (Å²) in [7, 11) is 0. The van der Waals surface area contributed by atoms with E-state index in [9.17, 15) is 0 Å². The van der Waals surface area contributed by atoms with Crippen LogP contribution < -0.4 is 0 Å². The molecule has 0 aromatic rings. The summed E-state index contributed by atoms with van der Waals surface area (Å²) in [6.45, 7) is 0. The molecular formula is CH5ILi2O3. The normalized spacial score (nSPS) is 3.43. The number of rotatable bonds is 0. The molecule has 2 N–H and O–H groups in total. The summed E-state index contributed by atoms with van der Waals surface area (Å²) in [5.41, 5.74) is 0. The van der Waals surface area contributed by atoms with Crippen molar-refractivity contribution in [2.24, 2.45) is 0 Å². The average Bonchev–Trinajstić information content (AvgIpc) is 0.811. The van der Waals surface area contributed by atoms with Crippen molar-refractivity contribution in [1.29, 1.82) is 0 Å². The molecule has 0 heterocycles. The summed E-state index contributed by atoms with van der Waals surface area (Å²) in [4.78, 5) is 8.56. The van der Waals surface area contributed by atoms with Gasteiger partial charge in [-0.25, -0.2) is 4.79 Å². The number of halogens is 1. The Kier molecular flexibility index (Phi) is 54.0. The van der Waals surface area contributed by atoms with Gasteiger partial charge in [-0.2, -0.15) is 0 Å². The molecule has 0 aliphatic rings. The zero-order chi connectivity index (χ0) is 3.58. The van der Waals surface area contributed by atoms with Crippen LogP contribution in [0.4, 0.5) is 4.79 Å². The van der Waals surface area contributed by atoms with Gasteiger partial charge in [-0.05, 0) is 0 Å². The molecule has 0 radical (unpaired) electrons. The SMILES string of the molecule is I.O=C(O)O.[LiH].[LiH]. The predicted molar refractivity (Wildman–Crippen MR) is 40.4 cm³/mol. The van der Waals surface area contributed by atoms with Crippen molar-refractivity contribution in [3.05, 3.63) is 0 Å². The standard InChI is InChI=1S/CH2O3.HI.2Li.2H/c2-1(3)4;;;;;/h(H2,2,3,4);1H;;;;. The van der Waals surface area contributed by atoms with Crippen LogP contribution in [0.1, 0.15) is 0 Å². The Morgan fingerprint density at radius 3 is 1.14 bits per heavy atom. The van der Waals surface area contributed by atoms with Gasteiger partial charge in [-0.1, -0.05) is 0 Å². The van der Waals surface area contributed by atoms with Gasteiger partial charge in [0.2, 0.25) is 0 Å². The molecule has 0 saturated carbocycles. The number of hydrogen-bond donors (Lipinski definition) is 2. The topological polar surface area (TPSA) is 57.5 Å². The Bertz CT molecular complexity index is 35.9. The number of carboxylic acid groups (broad SMARTS) is 2. The van der Waals surface area contributed by atoms with Gasteiger partial charge in [0.05, 0.1) is 0 Å². The fourth-order valence-electron chi connectivity index (χ4n) is 0. The Balaban J connectivity index is -0.0000000150. The van der Waals surface area contributed by atoms with E-state index in [4.69, 9.17) is 15.0 Å². The molecule has 0 spiro atoms. The van der Waals surface area contributed by atoms with Gasteiger partial charge < -0.3 is 10.2 Å². The molecule has 0 aliphatic heterocycles. The van der Waals surface area contributed by atoms with Crippen LogP contribution in [0.2, 0.25) is 0 Å². The maximum atomic E-state index is 8.56. The minimum atomic E-state index is -1.83. The van der Waals surface area contributed by atoms with Gasteiger partial charge in [0.25, 0.3) is 0 Å². The monoisotopic (exact) mass is 206 g/mol. The molecule has 0 aliphatic carbocycles. The predicted octanol–water partition coefficient (Wildman–Crippen LogP) is -0.457. The second-order valence-electron chi connectivity index (χ2n) is 0.283. The van der Waals surface area contributed by atoms with E-state index in [1.807, 2.05) is 0 Å². The molecule has 0 unspecified atom stereocenters. The molecule has 6 heteroatoms. The van der Waals surface area contributed by atoms with E-state index < -0.39 is 6.16 Å². The van der Waals surface area contributed by atoms with Gasteiger partial charge >= 0.3 is 43.9 Å². The average molecular weight is 206 g/mol. The molecule has 0 aromatic heterocycles. The third kappa shape index (κ3) is 136. The molecule has 0 aromatic carbocycles. The first-order chi connectivity index (χ1) is 1.73. The summed E-state index contributed by atoms with van der Waals surface area (Å²) in [6, 6.07) is 0. The number of carbonyl (C=O) groups is 1. The Hall–Kier alpha value is 1.19. The fraction of sp³-hybridized carbons (Fsp3) is 0. The molecular weight excluding hydrogens is 201 g/mol. The zero-order valence-electron chi connectivity index (χ0n) is 2.21. The van der Waals surface area contributed by atoms with Crippen molar-refractivity contribution < 1.29 is 15.0 Å². The van der Waals surface area contributed by atoms with E-state index in [0.717, 1.165) is 0 Å². The Morgan fingerprint density at radius 1 is 1.14 bits per heavy atom. The van der Waals surface area contributed by atoms with Gasteiger partial charge in [0, 0.05) is 0 Å². The van der Waals surface area contributed by atoms with Gasteiger partial charge in [-0.15, -0.1) is 24.0 Å². The molecule has 0 saturated heterocycles. The molecule has 0 rings (SSSR count). The summed E-state index contributed by atoms with van der Waals surface area (Å²) in [5.74, 6) is 0. The summed E-state index contributed by atoms with van der Waals surface area (Å²) >= 11 is 0. The van der Waals surface area contributed by atoms with Crippen LogP contribution in [-0.2, 0) is 0 Å². The molecule has 0 amide bonds. The van der Waals surface area contributed by atoms with Crippen LogP contribution in [0.25, 0.3) is 0 Å². The first-order valence-electron chi connectivity index (χ1n) is 0.651. The van der Waals surface area contributed by atoms with E-state index in [1.54, 1.807) is 0 Å². The van der Waals surface area contributed by atoms with Crippen molar-refractivity contribution in [2.75, 3.05) is 0 Å². The first kappa shape index (κ1) is 24.1. The Morgan fingerprint density at radius 2 is 1.14 bits per heavy atom. The summed E-state index contributed by atoms with van der Waals surface area (Å²) in [5, 5.41) is 13.9. The maximum absolute atomic E-state index is 8.56. The summed E-state index contributed by atoms with van der Waals surface area (Å²) in [6.07, 6.45) is -1.83. The molecule has 3 nitrogen and oxygen atoms in total. The molecule has 0 fully saturated rings. The zero-order valence-corrected chi connectivity index (χ0v) is 4.54. The number of hydrogen-bond acceptors (Lipinski definition) is 1. The van der Waals surface area contributed by atoms with Crippen molar-refractivity contribution in [2.45, 2.75) is 0 Å². The fourth-order valence-corrected chi connectivity index (χ4v) is 0. The van der Waals surface area contributed by atoms with Crippen LogP contribution in [0.15, 0.2) is 0 Å². The first-order valence-corrected chi connectivity index (χ1v) is 0.651. The van der Waals surface area contributed by atoms with Gasteiger partial charge in [0.15, 0.2) is 0 Å². The second kappa shape index (κ2) is 15.7. The van der Waals surface area contributed by atoms with E-state index in [2.05, 4.69) is 0 Å². The molecule has 36 valence electrons. The van der Waals surface area contributed by atoms with E-state index in [0.29, 0.717) is 0 Å². The van der Waals surface area contributed by atoms with Crippen LogP contribution in [0, 0.1) is 0 Å². The molecule has 0 atom stereocenters. The van der Waals surface area contributed by atoms with Crippen molar-refractivity contribution >= 4 is 67.9 Å². The van der Waals surface area contributed by atoms with Crippen LogP contribution >= 0.6 is 24.0 Å². The third-order valence-electron chi connectivity index (χ3n) is 0. The quantitative estimate of drug-likeness (QED) is 0.416. The van der Waals surface area contributed by atoms with E-state index in [1.165, 1.54) is 0 Å². The van der Waals surface area contributed by atoms with Gasteiger partial charge in [0.1, 0.15) is 0 Å². The van der Waals surface area contributed by atoms with Crippen LogP contribution in [-0.4, -0.2) is 54.1 Å². The molecule has 0 bridgehead atoms. The van der Waals surface area contributed by atoms with Crippen molar-refractivity contribution in [1.82, 2.24) is 0 Å². The third-order valence-corrected chi connectivity index (χ3v) is 0. The van der Waals surface area contributed by atoms with Gasteiger partial charge in [-0.3, -0.25) is 0 Å². The van der Waals surface area contributed by atoms with Crippen molar-refractivity contribution in [3.63, 3.8) is 0 Å². The van der Waals surface area contributed by atoms with Crippen LogP contribution in [0.3, 0.4) is 0 Å². The van der Waals surface area contributed by atoms with E-state index >= 15 is 0 Å². The molecule has 7 heavy (non-hydrogen) atoms. The summed E-state index contributed by atoms with van der Waals surface area (Å²) < 4.78 is 0. The second-order valence-corrected chi connectivity index (χ2v) is 0.283. The minimum absolute atomic E-state index is 0. The Labute approximate surface area is 82.2 Å². The van der Waals surface area contributed by atoms with Crippen molar-refractivity contribution in [3.8, 4) is 0 Å². The van der Waals surface area contributed by atoms with E-state index in [-0.39, 0.29) is 61.7 Å². The van der Waals surface area contributed by atoms with Crippen LogP contribution in [0.5, 0.6) is 0 Å².